The molecule has 4 heteroatoms. The third-order valence-corrected chi connectivity index (χ3v) is 3.84. The van der Waals surface area contributed by atoms with E-state index >= 15 is 0 Å². The van der Waals surface area contributed by atoms with E-state index in [1.807, 2.05) is 19.2 Å². The van der Waals surface area contributed by atoms with Crippen LogP contribution in [0.25, 0.3) is 0 Å². The van der Waals surface area contributed by atoms with E-state index < -0.39 is 0 Å². The summed E-state index contributed by atoms with van der Waals surface area (Å²) < 4.78 is 10.9. The highest BCUT2D eigenvalue weighted by Gasteiger charge is 2.19. The molecule has 1 aromatic carbocycles. The number of likely N-dealkylation sites (N-methyl/N-ethyl adjacent to an activating group) is 1. The molecule has 0 radical (unpaired) electrons. The Hall–Kier alpha value is -1.10. The van der Waals surface area contributed by atoms with Gasteiger partial charge in [0, 0.05) is 32.3 Å². The van der Waals surface area contributed by atoms with Crippen molar-refractivity contribution >= 4 is 0 Å². The molecule has 0 bridgehead atoms. The molecule has 0 spiro atoms. The van der Waals surface area contributed by atoms with E-state index in [0.29, 0.717) is 12.1 Å². The average molecular weight is 278 g/mol. The van der Waals surface area contributed by atoms with E-state index in [4.69, 9.17) is 9.47 Å². The lowest BCUT2D eigenvalue weighted by atomic mass is 10.1. The zero-order valence-electron chi connectivity index (χ0n) is 12.8. The van der Waals surface area contributed by atoms with Gasteiger partial charge in [0.05, 0.1) is 13.2 Å². The van der Waals surface area contributed by atoms with E-state index in [-0.39, 0.29) is 0 Å². The van der Waals surface area contributed by atoms with Gasteiger partial charge in [-0.2, -0.15) is 0 Å². The molecule has 1 N–H and O–H groups in total. The van der Waals surface area contributed by atoms with Crippen molar-refractivity contribution in [3.05, 3.63) is 29.8 Å². The summed E-state index contributed by atoms with van der Waals surface area (Å²) in [5.41, 5.74) is 1.30. The Bertz CT molecular complexity index is 394. The molecule has 20 heavy (non-hydrogen) atoms. The van der Waals surface area contributed by atoms with E-state index in [1.54, 1.807) is 7.11 Å². The third-order valence-electron chi connectivity index (χ3n) is 3.84. The fourth-order valence-electron chi connectivity index (χ4n) is 2.70. The van der Waals surface area contributed by atoms with E-state index in [1.165, 1.54) is 5.56 Å². The van der Waals surface area contributed by atoms with Gasteiger partial charge in [-0.05, 0) is 38.1 Å². The molecular weight excluding hydrogens is 252 g/mol. The molecule has 2 unspecified atom stereocenters. The van der Waals surface area contributed by atoms with Gasteiger partial charge >= 0.3 is 0 Å². The Balaban J connectivity index is 1.99. The number of nitrogens with one attached hydrogen (secondary N) is 1. The SMILES string of the molecule is CNC(CN1CCCOC(C)C1)c1ccc(OC)cc1. The first-order valence-electron chi connectivity index (χ1n) is 7.38. The second-order valence-electron chi connectivity index (χ2n) is 5.41. The highest BCUT2D eigenvalue weighted by Crippen LogP contribution is 2.19. The van der Waals surface area contributed by atoms with Gasteiger partial charge in [0.15, 0.2) is 0 Å². The molecular formula is C16H26N2O2. The van der Waals surface area contributed by atoms with Crippen LogP contribution >= 0.6 is 0 Å². The van der Waals surface area contributed by atoms with Gasteiger partial charge in [0.2, 0.25) is 0 Å². The number of benzene rings is 1. The van der Waals surface area contributed by atoms with Gasteiger partial charge in [-0.15, -0.1) is 0 Å². The molecule has 0 aliphatic carbocycles. The molecule has 2 atom stereocenters. The van der Waals surface area contributed by atoms with Gasteiger partial charge in [0.25, 0.3) is 0 Å². The summed E-state index contributed by atoms with van der Waals surface area (Å²) in [4.78, 5) is 2.49. The predicted octanol–water partition coefficient (Wildman–Crippen LogP) is 2.07. The molecule has 0 saturated carbocycles. The van der Waals surface area contributed by atoms with Crippen molar-refractivity contribution < 1.29 is 9.47 Å². The Kier molecular flexibility index (Phi) is 5.83. The summed E-state index contributed by atoms with van der Waals surface area (Å²) in [5.74, 6) is 0.903. The summed E-state index contributed by atoms with van der Waals surface area (Å²) in [6, 6.07) is 8.66. The lowest BCUT2D eigenvalue weighted by Gasteiger charge is -2.27. The Labute approximate surface area is 122 Å². The van der Waals surface area contributed by atoms with Gasteiger partial charge in [-0.1, -0.05) is 12.1 Å². The lowest BCUT2D eigenvalue weighted by molar-refractivity contribution is 0.0665. The van der Waals surface area contributed by atoms with Crippen molar-refractivity contribution in [1.29, 1.82) is 0 Å². The lowest BCUT2D eigenvalue weighted by Crippen LogP contribution is -2.37. The van der Waals surface area contributed by atoms with Gasteiger partial charge in [0.1, 0.15) is 5.75 Å². The summed E-state index contributed by atoms with van der Waals surface area (Å²) in [5, 5.41) is 3.42. The maximum Gasteiger partial charge on any atom is 0.118 e. The number of ether oxygens (including phenoxy) is 2. The Morgan fingerprint density at radius 2 is 2.15 bits per heavy atom. The monoisotopic (exact) mass is 278 g/mol. The van der Waals surface area contributed by atoms with Crippen molar-refractivity contribution in [2.75, 3.05) is 40.4 Å². The van der Waals surface area contributed by atoms with Crippen LogP contribution in [0.3, 0.4) is 0 Å². The van der Waals surface area contributed by atoms with Crippen LogP contribution in [0.5, 0.6) is 5.75 Å². The van der Waals surface area contributed by atoms with Crippen molar-refractivity contribution in [3.8, 4) is 5.75 Å². The fraction of sp³-hybridized carbons (Fsp3) is 0.625. The summed E-state index contributed by atoms with van der Waals surface area (Å²) >= 11 is 0. The molecule has 1 saturated heterocycles. The Morgan fingerprint density at radius 3 is 2.80 bits per heavy atom. The number of hydrogen-bond donors (Lipinski definition) is 1. The quantitative estimate of drug-likeness (QED) is 0.894. The molecule has 1 heterocycles. The first kappa shape index (κ1) is 15.3. The second kappa shape index (κ2) is 7.62. The summed E-state index contributed by atoms with van der Waals surface area (Å²) in [6.45, 7) is 6.16. The minimum absolute atomic E-state index is 0.325. The highest BCUT2D eigenvalue weighted by atomic mass is 16.5. The molecule has 112 valence electrons. The van der Waals surface area contributed by atoms with Crippen molar-refractivity contribution in [2.45, 2.75) is 25.5 Å². The van der Waals surface area contributed by atoms with Crippen LogP contribution in [-0.2, 0) is 4.74 Å². The van der Waals surface area contributed by atoms with E-state index in [9.17, 15) is 0 Å². The number of hydrogen-bond acceptors (Lipinski definition) is 4. The summed E-state index contributed by atoms with van der Waals surface area (Å²) in [7, 11) is 3.72. The third kappa shape index (κ3) is 4.20. The van der Waals surface area contributed by atoms with Crippen LogP contribution < -0.4 is 10.1 Å². The van der Waals surface area contributed by atoms with Crippen LogP contribution in [0.2, 0.25) is 0 Å². The molecule has 1 fully saturated rings. The minimum atomic E-state index is 0.325. The second-order valence-corrected chi connectivity index (χ2v) is 5.41. The van der Waals surface area contributed by atoms with Crippen molar-refractivity contribution in [3.63, 3.8) is 0 Å². The van der Waals surface area contributed by atoms with Crippen LogP contribution in [0.1, 0.15) is 24.9 Å². The van der Waals surface area contributed by atoms with Crippen LogP contribution in [0, 0.1) is 0 Å². The molecule has 1 aliphatic heterocycles. The smallest absolute Gasteiger partial charge is 0.118 e. The first-order valence-corrected chi connectivity index (χ1v) is 7.38. The standard InChI is InChI=1S/C16H26N2O2/c1-13-11-18(9-4-10-20-13)12-16(17-2)14-5-7-15(19-3)8-6-14/h5-8,13,16-17H,4,9-12H2,1-3H3. The topological polar surface area (TPSA) is 33.7 Å². The predicted molar refractivity (Wildman–Crippen MR) is 81.3 cm³/mol. The Morgan fingerprint density at radius 1 is 1.40 bits per heavy atom. The molecule has 4 nitrogen and oxygen atoms in total. The first-order chi connectivity index (χ1) is 9.72. The van der Waals surface area contributed by atoms with Crippen molar-refractivity contribution in [1.82, 2.24) is 10.2 Å². The minimum Gasteiger partial charge on any atom is -0.497 e. The van der Waals surface area contributed by atoms with Crippen LogP contribution in [-0.4, -0.2) is 51.4 Å². The molecule has 1 aliphatic rings. The number of methoxy groups -OCH3 is 1. The summed E-state index contributed by atoms with van der Waals surface area (Å²) in [6.07, 6.45) is 1.44. The fourth-order valence-corrected chi connectivity index (χ4v) is 2.70. The van der Waals surface area contributed by atoms with Crippen molar-refractivity contribution in [2.24, 2.45) is 0 Å². The van der Waals surface area contributed by atoms with Gasteiger partial charge in [-0.3, -0.25) is 4.90 Å². The van der Waals surface area contributed by atoms with E-state index in [0.717, 1.165) is 38.4 Å². The number of rotatable bonds is 5. The highest BCUT2D eigenvalue weighted by molar-refractivity contribution is 5.29. The zero-order valence-corrected chi connectivity index (χ0v) is 12.8. The number of nitrogens with zero attached hydrogens (tertiary/aromatic N) is 1. The zero-order chi connectivity index (χ0) is 14.4. The molecule has 2 rings (SSSR count). The maximum atomic E-state index is 5.71. The molecule has 0 aromatic heterocycles. The van der Waals surface area contributed by atoms with Gasteiger partial charge < -0.3 is 14.8 Å². The largest absolute Gasteiger partial charge is 0.497 e. The van der Waals surface area contributed by atoms with Gasteiger partial charge in [-0.25, -0.2) is 0 Å². The normalized spacial score (nSPS) is 22.2. The maximum absolute atomic E-state index is 5.71. The van der Waals surface area contributed by atoms with E-state index in [2.05, 4.69) is 29.3 Å². The van der Waals surface area contributed by atoms with Crippen LogP contribution in [0.15, 0.2) is 24.3 Å². The molecule has 1 aromatic rings. The molecule has 0 amide bonds. The average Bonchev–Trinajstić information content (AvgIpc) is 2.69. The van der Waals surface area contributed by atoms with Crippen LogP contribution in [0.4, 0.5) is 0 Å².